The molecule has 1 aliphatic heterocycles. The van der Waals surface area contributed by atoms with Crippen LogP contribution in [0.25, 0.3) is 0 Å². The molecule has 0 atom stereocenters. The van der Waals surface area contributed by atoms with Crippen LogP contribution in [0, 0.1) is 0 Å². The topological polar surface area (TPSA) is 6.48 Å². The SMILES string of the molecule is CCCN1CCN(C2CCCC2)CC1. The van der Waals surface area contributed by atoms with E-state index in [2.05, 4.69) is 16.7 Å². The Kier molecular flexibility index (Phi) is 3.82. The number of hydrogen-bond donors (Lipinski definition) is 0. The molecule has 0 radical (unpaired) electrons. The first-order valence-corrected chi connectivity index (χ1v) is 6.36. The van der Waals surface area contributed by atoms with E-state index in [9.17, 15) is 0 Å². The Hall–Kier alpha value is -0.0800. The second-order valence-corrected chi connectivity index (χ2v) is 4.82. The predicted molar refractivity (Wildman–Crippen MR) is 60.6 cm³/mol. The Balaban J connectivity index is 1.72. The van der Waals surface area contributed by atoms with Crippen LogP contribution in [0.5, 0.6) is 0 Å². The molecule has 1 saturated heterocycles. The summed E-state index contributed by atoms with van der Waals surface area (Å²) < 4.78 is 0. The smallest absolute Gasteiger partial charge is 0.0113 e. The zero-order valence-electron chi connectivity index (χ0n) is 9.54. The first kappa shape index (κ1) is 10.4. The van der Waals surface area contributed by atoms with Gasteiger partial charge < -0.3 is 4.90 Å². The van der Waals surface area contributed by atoms with E-state index in [0.717, 1.165) is 6.04 Å². The van der Waals surface area contributed by atoms with Crippen molar-refractivity contribution in [2.75, 3.05) is 32.7 Å². The zero-order chi connectivity index (χ0) is 9.80. The van der Waals surface area contributed by atoms with Gasteiger partial charge in [0.05, 0.1) is 0 Å². The van der Waals surface area contributed by atoms with Crippen LogP contribution in [0.1, 0.15) is 39.0 Å². The summed E-state index contributed by atoms with van der Waals surface area (Å²) in [5.41, 5.74) is 0. The number of nitrogens with zero attached hydrogens (tertiary/aromatic N) is 2. The summed E-state index contributed by atoms with van der Waals surface area (Å²) in [5.74, 6) is 0. The second-order valence-electron chi connectivity index (χ2n) is 4.82. The van der Waals surface area contributed by atoms with Crippen LogP contribution in [0.2, 0.25) is 0 Å². The Labute approximate surface area is 88.3 Å². The Bertz CT molecular complexity index is 156. The lowest BCUT2D eigenvalue weighted by atomic mass is 10.2. The molecule has 1 heterocycles. The van der Waals surface area contributed by atoms with Crippen molar-refractivity contribution >= 4 is 0 Å². The minimum Gasteiger partial charge on any atom is -0.301 e. The molecule has 0 amide bonds. The summed E-state index contributed by atoms with van der Waals surface area (Å²) >= 11 is 0. The molecule has 0 N–H and O–H groups in total. The summed E-state index contributed by atoms with van der Waals surface area (Å²) in [5, 5.41) is 0. The van der Waals surface area contributed by atoms with Crippen LogP contribution >= 0.6 is 0 Å². The summed E-state index contributed by atoms with van der Waals surface area (Å²) in [4.78, 5) is 5.35. The van der Waals surface area contributed by atoms with Gasteiger partial charge in [-0.3, -0.25) is 4.90 Å². The molecule has 2 heteroatoms. The van der Waals surface area contributed by atoms with Gasteiger partial charge in [-0.2, -0.15) is 0 Å². The van der Waals surface area contributed by atoms with E-state index in [-0.39, 0.29) is 0 Å². The van der Waals surface area contributed by atoms with E-state index in [1.54, 1.807) is 0 Å². The van der Waals surface area contributed by atoms with E-state index < -0.39 is 0 Å². The molecule has 0 aromatic heterocycles. The van der Waals surface area contributed by atoms with Gasteiger partial charge in [0, 0.05) is 32.2 Å². The number of piperazine rings is 1. The lowest BCUT2D eigenvalue weighted by Gasteiger charge is -2.37. The molecule has 0 unspecified atom stereocenters. The highest BCUT2D eigenvalue weighted by Crippen LogP contribution is 2.24. The van der Waals surface area contributed by atoms with Crippen molar-refractivity contribution in [1.82, 2.24) is 9.80 Å². The van der Waals surface area contributed by atoms with Gasteiger partial charge in [0.15, 0.2) is 0 Å². The molecule has 0 spiro atoms. The van der Waals surface area contributed by atoms with Gasteiger partial charge in [0.2, 0.25) is 0 Å². The average Bonchev–Trinajstić information content (AvgIpc) is 2.72. The Morgan fingerprint density at radius 3 is 2.21 bits per heavy atom. The third-order valence-electron chi connectivity index (χ3n) is 3.79. The molecular formula is C12H24N2. The fourth-order valence-corrected chi connectivity index (χ4v) is 2.94. The maximum absolute atomic E-state index is 2.74. The van der Waals surface area contributed by atoms with Crippen molar-refractivity contribution in [1.29, 1.82) is 0 Å². The molecule has 14 heavy (non-hydrogen) atoms. The van der Waals surface area contributed by atoms with E-state index >= 15 is 0 Å². The fraction of sp³-hybridized carbons (Fsp3) is 1.00. The molecule has 2 nitrogen and oxygen atoms in total. The second kappa shape index (κ2) is 5.13. The van der Waals surface area contributed by atoms with Gasteiger partial charge in [-0.15, -0.1) is 0 Å². The maximum Gasteiger partial charge on any atom is 0.0113 e. The van der Waals surface area contributed by atoms with Crippen molar-refractivity contribution < 1.29 is 0 Å². The predicted octanol–water partition coefficient (Wildman–Crippen LogP) is 1.96. The van der Waals surface area contributed by atoms with Crippen molar-refractivity contribution in [2.24, 2.45) is 0 Å². The Morgan fingerprint density at radius 1 is 1.00 bits per heavy atom. The fourth-order valence-electron chi connectivity index (χ4n) is 2.94. The molecule has 0 bridgehead atoms. The average molecular weight is 196 g/mol. The third-order valence-corrected chi connectivity index (χ3v) is 3.79. The summed E-state index contributed by atoms with van der Waals surface area (Å²) in [6.45, 7) is 8.85. The van der Waals surface area contributed by atoms with Gasteiger partial charge in [0.25, 0.3) is 0 Å². The van der Waals surface area contributed by atoms with E-state index in [4.69, 9.17) is 0 Å². The van der Waals surface area contributed by atoms with Gasteiger partial charge in [-0.1, -0.05) is 19.8 Å². The highest BCUT2D eigenvalue weighted by atomic mass is 15.3. The first-order chi connectivity index (χ1) is 6.90. The monoisotopic (exact) mass is 196 g/mol. The van der Waals surface area contributed by atoms with E-state index in [1.807, 2.05) is 0 Å². The van der Waals surface area contributed by atoms with Crippen LogP contribution in [0.4, 0.5) is 0 Å². The molecule has 0 aromatic rings. The molecular weight excluding hydrogens is 172 g/mol. The highest BCUT2D eigenvalue weighted by molar-refractivity contribution is 4.81. The van der Waals surface area contributed by atoms with Crippen LogP contribution in [0.15, 0.2) is 0 Å². The van der Waals surface area contributed by atoms with Crippen LogP contribution < -0.4 is 0 Å². The largest absolute Gasteiger partial charge is 0.301 e. The third kappa shape index (κ3) is 2.48. The quantitative estimate of drug-likeness (QED) is 0.681. The number of hydrogen-bond acceptors (Lipinski definition) is 2. The summed E-state index contributed by atoms with van der Waals surface area (Å²) in [6.07, 6.45) is 7.19. The van der Waals surface area contributed by atoms with E-state index in [1.165, 1.54) is 64.8 Å². The molecule has 2 rings (SSSR count). The highest BCUT2D eigenvalue weighted by Gasteiger charge is 2.25. The molecule has 82 valence electrons. The van der Waals surface area contributed by atoms with Gasteiger partial charge in [-0.05, 0) is 25.8 Å². The molecule has 1 saturated carbocycles. The first-order valence-electron chi connectivity index (χ1n) is 6.36. The Morgan fingerprint density at radius 2 is 1.64 bits per heavy atom. The van der Waals surface area contributed by atoms with Crippen LogP contribution in [-0.2, 0) is 0 Å². The molecule has 0 aromatic carbocycles. The summed E-state index contributed by atoms with van der Waals surface area (Å²) in [6, 6.07) is 0.943. The van der Waals surface area contributed by atoms with Crippen LogP contribution in [-0.4, -0.2) is 48.6 Å². The minimum absolute atomic E-state index is 0.943. The van der Waals surface area contributed by atoms with Crippen molar-refractivity contribution in [2.45, 2.75) is 45.1 Å². The standard InChI is InChI=1S/C12H24N2/c1-2-7-13-8-10-14(11-9-13)12-5-3-4-6-12/h12H,2-11H2,1H3. The summed E-state index contributed by atoms with van der Waals surface area (Å²) in [7, 11) is 0. The van der Waals surface area contributed by atoms with Gasteiger partial charge in [0.1, 0.15) is 0 Å². The van der Waals surface area contributed by atoms with Gasteiger partial charge >= 0.3 is 0 Å². The lowest BCUT2D eigenvalue weighted by molar-refractivity contribution is 0.0980. The minimum atomic E-state index is 0.943. The lowest BCUT2D eigenvalue weighted by Crippen LogP contribution is -2.49. The zero-order valence-corrected chi connectivity index (χ0v) is 9.54. The van der Waals surface area contributed by atoms with Crippen LogP contribution in [0.3, 0.4) is 0 Å². The van der Waals surface area contributed by atoms with Gasteiger partial charge in [-0.25, -0.2) is 0 Å². The normalized spacial score (nSPS) is 27.2. The maximum atomic E-state index is 2.74. The van der Waals surface area contributed by atoms with E-state index in [0.29, 0.717) is 0 Å². The number of rotatable bonds is 3. The van der Waals surface area contributed by atoms with Crippen molar-refractivity contribution in [3.63, 3.8) is 0 Å². The van der Waals surface area contributed by atoms with Crippen molar-refractivity contribution in [3.05, 3.63) is 0 Å². The van der Waals surface area contributed by atoms with Crippen molar-refractivity contribution in [3.8, 4) is 0 Å². The molecule has 1 aliphatic carbocycles. The molecule has 2 aliphatic rings. The molecule has 2 fully saturated rings.